The molecule has 0 saturated heterocycles. The first kappa shape index (κ1) is 17.6. The number of sulfone groups is 1. The second-order valence-corrected chi connectivity index (χ2v) is 7.81. The summed E-state index contributed by atoms with van der Waals surface area (Å²) in [6, 6.07) is 11.6. The Balaban J connectivity index is 2.23. The summed E-state index contributed by atoms with van der Waals surface area (Å²) in [5.41, 5.74) is 1.74. The van der Waals surface area contributed by atoms with Gasteiger partial charge in [-0.3, -0.25) is 4.98 Å². The molecule has 0 bridgehead atoms. The van der Waals surface area contributed by atoms with E-state index in [0.717, 1.165) is 0 Å². The smallest absolute Gasteiger partial charge is 0.224 e. The predicted molar refractivity (Wildman–Crippen MR) is 95.8 cm³/mol. The Kier molecular flexibility index (Phi) is 4.89. The van der Waals surface area contributed by atoms with Crippen LogP contribution in [0.2, 0.25) is 5.02 Å². The van der Waals surface area contributed by atoms with Crippen LogP contribution in [-0.4, -0.2) is 30.2 Å². The average molecular weight is 377 g/mol. The molecule has 3 rings (SSSR count). The van der Waals surface area contributed by atoms with Gasteiger partial charge in [0.05, 0.1) is 21.3 Å². The van der Waals surface area contributed by atoms with Crippen LogP contribution in [0, 0.1) is 6.92 Å². The molecule has 0 amide bonds. The molecule has 2 heterocycles. The fourth-order valence-corrected chi connectivity index (χ4v) is 4.15. The van der Waals surface area contributed by atoms with Gasteiger partial charge in [0.2, 0.25) is 9.84 Å². The van der Waals surface area contributed by atoms with Gasteiger partial charge in [0.1, 0.15) is 0 Å². The van der Waals surface area contributed by atoms with Crippen molar-refractivity contribution in [1.29, 1.82) is 0 Å². The lowest BCUT2D eigenvalue weighted by Gasteiger charge is -2.10. The molecule has 0 radical (unpaired) electrons. The third kappa shape index (κ3) is 3.44. The number of para-hydroxylation sites is 1. The molecule has 0 aliphatic rings. The fraction of sp³-hybridized carbons (Fsp3) is 0.176. The van der Waals surface area contributed by atoms with E-state index in [1.54, 1.807) is 44.3 Å². The zero-order valence-electron chi connectivity index (χ0n) is 13.8. The van der Waals surface area contributed by atoms with E-state index in [9.17, 15) is 8.42 Å². The van der Waals surface area contributed by atoms with Crippen molar-refractivity contribution in [3.05, 3.63) is 65.1 Å². The van der Waals surface area contributed by atoms with Crippen molar-refractivity contribution in [3.63, 3.8) is 0 Å². The quantitative estimate of drug-likeness (QED) is 0.740. The molecule has 0 aliphatic carbocycles. The van der Waals surface area contributed by atoms with E-state index >= 15 is 0 Å². The topological polar surface area (TPSA) is 76.9 Å². The van der Waals surface area contributed by atoms with E-state index in [1.165, 1.54) is 23.0 Å². The van der Waals surface area contributed by atoms with Crippen LogP contribution in [-0.2, 0) is 16.4 Å². The Morgan fingerprint density at radius 1 is 1.20 bits per heavy atom. The van der Waals surface area contributed by atoms with E-state index in [-0.39, 0.29) is 9.92 Å². The predicted octanol–water partition coefficient (Wildman–Crippen LogP) is 2.78. The van der Waals surface area contributed by atoms with Crippen LogP contribution in [0.1, 0.15) is 11.4 Å². The van der Waals surface area contributed by atoms with E-state index in [1.807, 2.05) is 0 Å². The molecule has 6 nitrogen and oxygen atoms in total. The summed E-state index contributed by atoms with van der Waals surface area (Å²) in [5, 5.41) is 7.88. The lowest BCUT2D eigenvalue weighted by atomic mass is 10.3. The molecule has 0 spiro atoms. The minimum atomic E-state index is -3.78. The van der Waals surface area contributed by atoms with Gasteiger partial charge in [-0.25, -0.2) is 13.1 Å². The molecular weight excluding hydrogens is 360 g/mol. The van der Waals surface area contributed by atoms with Crippen LogP contribution >= 0.6 is 11.6 Å². The SMILES string of the molecule is CNCc1cc(S(=O)(=O)c2ccnc(C)c2)n(-c2ccccc2Cl)n1. The highest BCUT2D eigenvalue weighted by atomic mass is 35.5. The van der Waals surface area contributed by atoms with Crippen LogP contribution in [0.3, 0.4) is 0 Å². The normalized spacial score (nSPS) is 11.6. The minimum Gasteiger partial charge on any atom is -0.314 e. The summed E-state index contributed by atoms with van der Waals surface area (Å²) in [5.74, 6) is 0. The van der Waals surface area contributed by atoms with Crippen molar-refractivity contribution in [2.45, 2.75) is 23.4 Å². The fourth-order valence-electron chi connectivity index (χ4n) is 2.47. The number of hydrogen-bond donors (Lipinski definition) is 1. The van der Waals surface area contributed by atoms with Gasteiger partial charge >= 0.3 is 0 Å². The molecule has 0 fully saturated rings. The number of rotatable bonds is 5. The third-order valence-electron chi connectivity index (χ3n) is 3.62. The highest BCUT2D eigenvalue weighted by Gasteiger charge is 2.26. The van der Waals surface area contributed by atoms with Gasteiger partial charge in [-0.05, 0) is 38.2 Å². The minimum absolute atomic E-state index is 0.0662. The van der Waals surface area contributed by atoms with Crippen molar-refractivity contribution in [2.24, 2.45) is 0 Å². The second kappa shape index (κ2) is 6.95. The Labute approximate surface area is 151 Å². The summed E-state index contributed by atoms with van der Waals surface area (Å²) in [6.45, 7) is 2.19. The van der Waals surface area contributed by atoms with Crippen molar-refractivity contribution < 1.29 is 8.42 Å². The van der Waals surface area contributed by atoms with Crippen molar-refractivity contribution in [3.8, 4) is 5.69 Å². The van der Waals surface area contributed by atoms with Gasteiger partial charge in [0, 0.05) is 24.5 Å². The van der Waals surface area contributed by atoms with Crippen LogP contribution in [0.4, 0.5) is 0 Å². The second-order valence-electron chi connectivity index (χ2n) is 5.50. The zero-order valence-corrected chi connectivity index (χ0v) is 15.3. The molecule has 2 aromatic heterocycles. The van der Waals surface area contributed by atoms with Crippen LogP contribution < -0.4 is 5.32 Å². The Morgan fingerprint density at radius 3 is 2.64 bits per heavy atom. The molecule has 0 aliphatic heterocycles. The highest BCUT2D eigenvalue weighted by Crippen LogP contribution is 2.27. The summed E-state index contributed by atoms with van der Waals surface area (Å²) < 4.78 is 27.7. The maximum atomic E-state index is 13.2. The summed E-state index contributed by atoms with van der Waals surface area (Å²) in [7, 11) is -2.01. The standard InChI is InChI=1S/C17H17ClN4O2S/c1-12-9-14(7-8-20-12)25(23,24)17-10-13(11-19-2)21-22(17)16-6-4-3-5-15(16)18/h3-10,19H,11H2,1-2H3. The maximum Gasteiger partial charge on any atom is 0.224 e. The Bertz CT molecular complexity index is 1010. The van der Waals surface area contributed by atoms with Crippen molar-refractivity contribution in [1.82, 2.24) is 20.1 Å². The van der Waals surface area contributed by atoms with Crippen molar-refractivity contribution >= 4 is 21.4 Å². The van der Waals surface area contributed by atoms with E-state index in [0.29, 0.717) is 28.6 Å². The van der Waals surface area contributed by atoms with Gasteiger partial charge in [0.25, 0.3) is 0 Å². The number of pyridine rings is 1. The van der Waals surface area contributed by atoms with Gasteiger partial charge in [-0.15, -0.1) is 0 Å². The van der Waals surface area contributed by atoms with Crippen LogP contribution in [0.15, 0.2) is 58.6 Å². The first-order chi connectivity index (χ1) is 11.9. The number of nitrogens with zero attached hydrogens (tertiary/aromatic N) is 3. The van der Waals surface area contributed by atoms with Gasteiger partial charge < -0.3 is 5.32 Å². The molecule has 0 saturated carbocycles. The van der Waals surface area contributed by atoms with Gasteiger partial charge in [-0.2, -0.15) is 5.10 Å². The van der Waals surface area contributed by atoms with Gasteiger partial charge in [0.15, 0.2) is 5.03 Å². The Morgan fingerprint density at radius 2 is 1.96 bits per heavy atom. The van der Waals surface area contributed by atoms with E-state index in [2.05, 4.69) is 15.4 Å². The first-order valence-electron chi connectivity index (χ1n) is 7.59. The number of aromatic nitrogens is 3. The van der Waals surface area contributed by atoms with E-state index < -0.39 is 9.84 Å². The van der Waals surface area contributed by atoms with Crippen LogP contribution in [0.25, 0.3) is 5.69 Å². The number of benzene rings is 1. The molecule has 130 valence electrons. The number of nitrogens with one attached hydrogen (secondary N) is 1. The number of aryl methyl sites for hydroxylation is 1. The monoisotopic (exact) mass is 376 g/mol. The third-order valence-corrected chi connectivity index (χ3v) is 5.66. The first-order valence-corrected chi connectivity index (χ1v) is 9.46. The lowest BCUT2D eigenvalue weighted by Crippen LogP contribution is -2.11. The molecule has 25 heavy (non-hydrogen) atoms. The molecule has 3 aromatic rings. The molecular formula is C17H17ClN4O2S. The van der Waals surface area contributed by atoms with Gasteiger partial charge in [-0.1, -0.05) is 23.7 Å². The van der Waals surface area contributed by atoms with Crippen molar-refractivity contribution in [2.75, 3.05) is 7.05 Å². The van der Waals surface area contributed by atoms with E-state index in [4.69, 9.17) is 11.6 Å². The molecule has 0 atom stereocenters. The average Bonchev–Trinajstić information content (AvgIpc) is 3.00. The zero-order chi connectivity index (χ0) is 18.0. The summed E-state index contributed by atoms with van der Waals surface area (Å²) >= 11 is 6.26. The largest absolute Gasteiger partial charge is 0.314 e. The number of halogens is 1. The maximum absolute atomic E-state index is 13.2. The highest BCUT2D eigenvalue weighted by molar-refractivity contribution is 7.91. The number of hydrogen-bond acceptors (Lipinski definition) is 5. The molecule has 1 aromatic carbocycles. The molecule has 0 unspecified atom stereocenters. The van der Waals surface area contributed by atoms with Crippen LogP contribution in [0.5, 0.6) is 0 Å². The Hall–Kier alpha value is -2.22. The summed E-state index contributed by atoms with van der Waals surface area (Å²) in [4.78, 5) is 4.23. The molecule has 8 heteroatoms. The lowest BCUT2D eigenvalue weighted by molar-refractivity contribution is 0.585. The molecule has 1 N–H and O–H groups in total. The summed E-state index contributed by atoms with van der Waals surface area (Å²) in [6.07, 6.45) is 1.48.